The molecule has 0 spiro atoms. The molecule has 0 saturated carbocycles. The molecule has 2 heterocycles. The normalized spacial score (nSPS) is 23.2. The second-order valence-electron chi connectivity index (χ2n) is 4.34. The van der Waals surface area contributed by atoms with Crippen molar-refractivity contribution in [3.05, 3.63) is 23.7 Å². The largest absolute Gasteiger partial charge is 0.460 e. The Labute approximate surface area is 106 Å². The van der Waals surface area contributed by atoms with Crippen LogP contribution >= 0.6 is 0 Å². The highest BCUT2D eigenvalue weighted by Crippen LogP contribution is 2.14. The van der Waals surface area contributed by atoms with Crippen LogP contribution in [-0.2, 0) is 16.0 Å². The Morgan fingerprint density at radius 1 is 1.56 bits per heavy atom. The molecule has 5 nitrogen and oxygen atoms in total. The number of rotatable bonds is 5. The second kappa shape index (κ2) is 6.02. The van der Waals surface area contributed by atoms with E-state index in [4.69, 9.17) is 13.9 Å². The predicted molar refractivity (Wildman–Crippen MR) is 65.3 cm³/mol. The second-order valence-corrected chi connectivity index (χ2v) is 4.34. The fourth-order valence-electron chi connectivity index (χ4n) is 2.02. The van der Waals surface area contributed by atoms with Gasteiger partial charge < -0.3 is 19.2 Å². The number of carbonyl (C=O) groups is 1. The molecule has 0 aliphatic carbocycles. The molecule has 100 valence electrons. The first-order valence-corrected chi connectivity index (χ1v) is 6.31. The molecule has 0 radical (unpaired) electrons. The fraction of sp³-hybridized carbons (Fsp3) is 0.615. The third kappa shape index (κ3) is 3.11. The Bertz CT molecular complexity index is 401. The van der Waals surface area contributed by atoms with E-state index in [1.807, 2.05) is 0 Å². The molecule has 18 heavy (non-hydrogen) atoms. The minimum atomic E-state index is -0.415. The number of hydrogen-bond acceptors (Lipinski definition) is 5. The van der Waals surface area contributed by atoms with Crippen molar-refractivity contribution in [1.82, 2.24) is 5.32 Å². The minimum Gasteiger partial charge on any atom is -0.460 e. The molecular formula is C13H19NO4. The lowest BCUT2D eigenvalue weighted by Crippen LogP contribution is -2.33. The van der Waals surface area contributed by atoms with Crippen molar-refractivity contribution in [1.29, 1.82) is 0 Å². The summed E-state index contributed by atoms with van der Waals surface area (Å²) < 4.78 is 15.7. The molecular weight excluding hydrogens is 234 g/mol. The van der Waals surface area contributed by atoms with Gasteiger partial charge >= 0.3 is 5.97 Å². The summed E-state index contributed by atoms with van der Waals surface area (Å²) >= 11 is 0. The van der Waals surface area contributed by atoms with Crippen LogP contribution in [0.2, 0.25) is 0 Å². The number of nitrogens with one attached hydrogen (secondary N) is 1. The van der Waals surface area contributed by atoms with Crippen LogP contribution < -0.4 is 5.32 Å². The van der Waals surface area contributed by atoms with E-state index in [1.165, 1.54) is 0 Å². The van der Waals surface area contributed by atoms with Gasteiger partial charge in [0, 0.05) is 12.6 Å². The van der Waals surface area contributed by atoms with Crippen molar-refractivity contribution in [2.24, 2.45) is 0 Å². The van der Waals surface area contributed by atoms with E-state index in [1.54, 1.807) is 19.1 Å². The van der Waals surface area contributed by atoms with Gasteiger partial charge in [0.15, 0.2) is 0 Å². The van der Waals surface area contributed by atoms with E-state index < -0.39 is 5.97 Å². The van der Waals surface area contributed by atoms with Crippen LogP contribution in [-0.4, -0.2) is 31.3 Å². The summed E-state index contributed by atoms with van der Waals surface area (Å²) in [5, 5.41) is 3.36. The van der Waals surface area contributed by atoms with Gasteiger partial charge in [0.25, 0.3) is 0 Å². The number of furan rings is 1. The number of esters is 1. The Balaban J connectivity index is 1.85. The average molecular weight is 253 g/mol. The van der Waals surface area contributed by atoms with E-state index in [-0.39, 0.29) is 11.9 Å². The van der Waals surface area contributed by atoms with Gasteiger partial charge in [-0.05, 0) is 32.4 Å². The SMILES string of the molecule is CCOC(=O)c1ccc(CN[C@H]2CCO[C@H]2C)o1. The predicted octanol–water partition coefficient (Wildman–Crippen LogP) is 1.72. The summed E-state index contributed by atoms with van der Waals surface area (Å²) in [5.74, 6) is 0.572. The van der Waals surface area contributed by atoms with Gasteiger partial charge in [-0.1, -0.05) is 0 Å². The molecule has 1 N–H and O–H groups in total. The maximum atomic E-state index is 11.4. The van der Waals surface area contributed by atoms with Crippen LogP contribution in [0.15, 0.2) is 16.5 Å². The van der Waals surface area contributed by atoms with Crippen molar-refractivity contribution < 1.29 is 18.7 Å². The summed E-state index contributed by atoms with van der Waals surface area (Å²) in [5.41, 5.74) is 0. The van der Waals surface area contributed by atoms with Gasteiger partial charge in [0.2, 0.25) is 5.76 Å². The summed E-state index contributed by atoms with van der Waals surface area (Å²) in [6.45, 7) is 5.56. The highest BCUT2D eigenvalue weighted by molar-refractivity contribution is 5.86. The van der Waals surface area contributed by atoms with E-state index in [2.05, 4.69) is 12.2 Å². The third-order valence-electron chi connectivity index (χ3n) is 3.05. The minimum absolute atomic E-state index is 0.226. The zero-order valence-electron chi connectivity index (χ0n) is 10.8. The van der Waals surface area contributed by atoms with Crippen molar-refractivity contribution in [2.75, 3.05) is 13.2 Å². The van der Waals surface area contributed by atoms with Gasteiger partial charge in [-0.15, -0.1) is 0 Å². The number of ether oxygens (including phenoxy) is 2. The van der Waals surface area contributed by atoms with Gasteiger partial charge in [0.05, 0.1) is 19.3 Å². The Hall–Kier alpha value is -1.33. The zero-order chi connectivity index (χ0) is 13.0. The monoisotopic (exact) mass is 253 g/mol. The molecule has 5 heteroatoms. The molecule has 1 aliphatic rings. The van der Waals surface area contributed by atoms with Gasteiger partial charge in [-0.25, -0.2) is 4.79 Å². The molecule has 1 aliphatic heterocycles. The zero-order valence-corrected chi connectivity index (χ0v) is 10.8. The average Bonchev–Trinajstić information content (AvgIpc) is 2.96. The lowest BCUT2D eigenvalue weighted by atomic mass is 10.1. The Kier molecular flexibility index (Phi) is 4.38. The lowest BCUT2D eigenvalue weighted by Gasteiger charge is -2.14. The van der Waals surface area contributed by atoms with Crippen molar-refractivity contribution in [3.63, 3.8) is 0 Å². The standard InChI is InChI=1S/C13H19NO4/c1-3-16-13(15)12-5-4-10(18-12)8-14-11-6-7-17-9(11)2/h4-5,9,11,14H,3,6-8H2,1-2H3/t9-,11-/m0/s1. The smallest absolute Gasteiger partial charge is 0.374 e. The molecule has 1 fully saturated rings. The number of carbonyl (C=O) groups excluding carboxylic acids is 1. The Morgan fingerprint density at radius 3 is 3.06 bits per heavy atom. The summed E-state index contributed by atoms with van der Waals surface area (Å²) in [6, 6.07) is 3.78. The van der Waals surface area contributed by atoms with Crippen LogP contribution in [0.5, 0.6) is 0 Å². The maximum absolute atomic E-state index is 11.4. The van der Waals surface area contributed by atoms with E-state index in [9.17, 15) is 4.79 Å². The van der Waals surface area contributed by atoms with Crippen LogP contribution in [0, 0.1) is 0 Å². The van der Waals surface area contributed by atoms with Crippen LogP contribution in [0.1, 0.15) is 36.6 Å². The first-order chi connectivity index (χ1) is 8.70. The Morgan fingerprint density at radius 2 is 2.39 bits per heavy atom. The summed E-state index contributed by atoms with van der Waals surface area (Å²) in [7, 11) is 0. The van der Waals surface area contributed by atoms with Crippen molar-refractivity contribution in [3.8, 4) is 0 Å². The fourth-order valence-corrected chi connectivity index (χ4v) is 2.02. The molecule has 0 unspecified atom stereocenters. The first-order valence-electron chi connectivity index (χ1n) is 6.31. The maximum Gasteiger partial charge on any atom is 0.374 e. The van der Waals surface area contributed by atoms with Crippen LogP contribution in [0.25, 0.3) is 0 Å². The van der Waals surface area contributed by atoms with E-state index >= 15 is 0 Å². The molecule has 1 aromatic heterocycles. The van der Waals surface area contributed by atoms with Crippen molar-refractivity contribution in [2.45, 2.75) is 39.0 Å². The quantitative estimate of drug-likeness (QED) is 0.810. The number of hydrogen-bond donors (Lipinski definition) is 1. The van der Waals surface area contributed by atoms with Crippen molar-refractivity contribution >= 4 is 5.97 Å². The molecule has 0 aromatic carbocycles. The van der Waals surface area contributed by atoms with Gasteiger partial charge in [-0.3, -0.25) is 0 Å². The molecule has 2 atom stereocenters. The molecule has 2 rings (SSSR count). The lowest BCUT2D eigenvalue weighted by molar-refractivity contribution is 0.0487. The topological polar surface area (TPSA) is 60.7 Å². The molecule has 0 bridgehead atoms. The molecule has 1 saturated heterocycles. The summed E-state index contributed by atoms with van der Waals surface area (Å²) in [4.78, 5) is 11.4. The highest BCUT2D eigenvalue weighted by Gasteiger charge is 2.23. The van der Waals surface area contributed by atoms with Gasteiger partial charge in [0.1, 0.15) is 5.76 Å². The van der Waals surface area contributed by atoms with Crippen LogP contribution in [0.3, 0.4) is 0 Å². The van der Waals surface area contributed by atoms with E-state index in [0.717, 1.165) is 18.8 Å². The van der Waals surface area contributed by atoms with E-state index in [0.29, 0.717) is 19.2 Å². The van der Waals surface area contributed by atoms with Crippen LogP contribution in [0.4, 0.5) is 0 Å². The third-order valence-corrected chi connectivity index (χ3v) is 3.05. The molecule has 0 amide bonds. The van der Waals surface area contributed by atoms with Gasteiger partial charge in [-0.2, -0.15) is 0 Å². The summed E-state index contributed by atoms with van der Waals surface area (Å²) in [6.07, 6.45) is 1.23. The highest BCUT2D eigenvalue weighted by atomic mass is 16.5. The first kappa shape index (κ1) is 13.1. The molecule has 1 aromatic rings.